The summed E-state index contributed by atoms with van der Waals surface area (Å²) < 4.78 is 1.37. The molecule has 4 rings (SSSR count). The van der Waals surface area contributed by atoms with Crippen LogP contribution in [0, 0.1) is 0 Å². The molecule has 26 heavy (non-hydrogen) atoms. The molecule has 2 N–H and O–H groups in total. The van der Waals surface area contributed by atoms with Crippen molar-refractivity contribution in [2.24, 2.45) is 0 Å². The summed E-state index contributed by atoms with van der Waals surface area (Å²) in [5.41, 5.74) is 1.51. The summed E-state index contributed by atoms with van der Waals surface area (Å²) in [4.78, 5) is 30.0. The van der Waals surface area contributed by atoms with Gasteiger partial charge in [-0.05, 0) is 31.0 Å². The maximum Gasteiger partial charge on any atom is 0.347 e. The Morgan fingerprint density at radius 2 is 2.12 bits per heavy atom. The largest absolute Gasteiger partial charge is 0.381 e. The van der Waals surface area contributed by atoms with Crippen LogP contribution in [-0.2, 0) is 0 Å². The van der Waals surface area contributed by atoms with Crippen LogP contribution < -0.4 is 11.0 Å². The summed E-state index contributed by atoms with van der Waals surface area (Å²) >= 11 is 6.13. The van der Waals surface area contributed by atoms with E-state index in [0.717, 1.165) is 18.5 Å². The number of aromatic amines is 1. The topological polar surface area (TPSA) is 95.4 Å². The first-order valence-corrected chi connectivity index (χ1v) is 8.72. The number of amides is 1. The van der Waals surface area contributed by atoms with E-state index in [0.29, 0.717) is 29.3 Å². The standard InChI is InChI=1S/C17H17ClN6O2/c18-13-10-19-5-1-14(13)20-12-3-6-23(7-4-12)16(25)11-2-8-24-15(9-11)21-22-17(24)26/h1-2,5,8-10,12H,3-4,6-7H2,(H,19,20)(H,22,26). The van der Waals surface area contributed by atoms with E-state index in [1.807, 2.05) is 11.0 Å². The molecule has 134 valence electrons. The Morgan fingerprint density at radius 3 is 2.88 bits per heavy atom. The molecule has 4 heterocycles. The first kappa shape index (κ1) is 16.6. The third-order valence-corrected chi connectivity index (χ3v) is 4.88. The van der Waals surface area contributed by atoms with E-state index in [2.05, 4.69) is 20.5 Å². The van der Waals surface area contributed by atoms with Gasteiger partial charge in [0.25, 0.3) is 5.91 Å². The van der Waals surface area contributed by atoms with E-state index < -0.39 is 0 Å². The second-order valence-corrected chi connectivity index (χ2v) is 6.65. The zero-order valence-electron chi connectivity index (χ0n) is 13.9. The number of nitrogens with zero attached hydrogens (tertiary/aromatic N) is 4. The number of carbonyl (C=O) groups excluding carboxylic acids is 1. The van der Waals surface area contributed by atoms with Gasteiger partial charge in [-0.2, -0.15) is 5.10 Å². The number of hydrogen-bond acceptors (Lipinski definition) is 5. The minimum Gasteiger partial charge on any atom is -0.381 e. The van der Waals surface area contributed by atoms with Crippen molar-refractivity contribution in [2.45, 2.75) is 18.9 Å². The molecule has 0 saturated carbocycles. The average Bonchev–Trinajstić information content (AvgIpc) is 3.04. The number of nitrogens with one attached hydrogen (secondary N) is 2. The maximum atomic E-state index is 12.7. The normalized spacial score (nSPS) is 15.3. The van der Waals surface area contributed by atoms with E-state index in [1.54, 1.807) is 30.7 Å². The number of piperidine rings is 1. The van der Waals surface area contributed by atoms with Gasteiger partial charge in [-0.1, -0.05) is 11.6 Å². The van der Waals surface area contributed by atoms with E-state index in [9.17, 15) is 9.59 Å². The summed E-state index contributed by atoms with van der Waals surface area (Å²) in [7, 11) is 0. The fraction of sp³-hybridized carbons (Fsp3) is 0.294. The molecule has 1 aliphatic heterocycles. The van der Waals surface area contributed by atoms with E-state index in [1.165, 1.54) is 4.40 Å². The van der Waals surface area contributed by atoms with Crippen molar-refractivity contribution in [3.63, 3.8) is 0 Å². The predicted molar refractivity (Wildman–Crippen MR) is 97.6 cm³/mol. The van der Waals surface area contributed by atoms with Gasteiger partial charge in [0.2, 0.25) is 0 Å². The molecular weight excluding hydrogens is 356 g/mol. The fourth-order valence-corrected chi connectivity index (χ4v) is 3.33. The number of hydrogen-bond donors (Lipinski definition) is 2. The summed E-state index contributed by atoms with van der Waals surface area (Å²) in [6.07, 6.45) is 6.53. The molecule has 0 spiro atoms. The molecule has 9 heteroatoms. The first-order valence-electron chi connectivity index (χ1n) is 8.34. The quantitative estimate of drug-likeness (QED) is 0.730. The van der Waals surface area contributed by atoms with E-state index >= 15 is 0 Å². The number of pyridine rings is 2. The van der Waals surface area contributed by atoms with Crippen molar-refractivity contribution in [1.82, 2.24) is 24.5 Å². The summed E-state index contributed by atoms with van der Waals surface area (Å²) in [5, 5.41) is 10.3. The number of halogens is 1. The van der Waals surface area contributed by atoms with Crippen molar-refractivity contribution in [2.75, 3.05) is 18.4 Å². The zero-order valence-corrected chi connectivity index (χ0v) is 14.6. The molecule has 0 unspecified atom stereocenters. The number of aromatic nitrogens is 4. The number of carbonyl (C=O) groups is 1. The molecule has 1 saturated heterocycles. The summed E-state index contributed by atoms with van der Waals surface area (Å²) in [6.45, 7) is 1.30. The van der Waals surface area contributed by atoms with Crippen LogP contribution in [0.5, 0.6) is 0 Å². The van der Waals surface area contributed by atoms with Gasteiger partial charge in [0, 0.05) is 43.3 Å². The molecule has 0 radical (unpaired) electrons. The molecule has 0 bridgehead atoms. The van der Waals surface area contributed by atoms with Crippen LogP contribution in [0.3, 0.4) is 0 Å². The molecule has 0 atom stereocenters. The fourth-order valence-electron chi connectivity index (χ4n) is 3.16. The number of likely N-dealkylation sites (tertiary alicyclic amines) is 1. The van der Waals surface area contributed by atoms with Crippen molar-refractivity contribution in [3.8, 4) is 0 Å². The van der Waals surface area contributed by atoms with Crippen LogP contribution in [0.2, 0.25) is 5.02 Å². The zero-order chi connectivity index (χ0) is 18.1. The highest BCUT2D eigenvalue weighted by Gasteiger charge is 2.24. The predicted octanol–water partition coefficient (Wildman–Crippen LogP) is 1.79. The highest BCUT2D eigenvalue weighted by atomic mass is 35.5. The Hall–Kier alpha value is -2.87. The lowest BCUT2D eigenvalue weighted by molar-refractivity contribution is 0.0718. The highest BCUT2D eigenvalue weighted by Crippen LogP contribution is 2.23. The summed E-state index contributed by atoms with van der Waals surface area (Å²) in [5.74, 6) is -0.0525. The Balaban J connectivity index is 1.41. The maximum absolute atomic E-state index is 12.7. The van der Waals surface area contributed by atoms with Gasteiger partial charge >= 0.3 is 5.69 Å². The molecule has 1 amide bonds. The van der Waals surface area contributed by atoms with Gasteiger partial charge in [-0.15, -0.1) is 0 Å². The Morgan fingerprint density at radius 1 is 1.31 bits per heavy atom. The summed E-state index contributed by atoms with van der Waals surface area (Å²) in [6, 6.07) is 5.38. The van der Waals surface area contributed by atoms with Crippen LogP contribution in [0.15, 0.2) is 41.6 Å². The number of anilines is 1. The van der Waals surface area contributed by atoms with Crippen molar-refractivity contribution < 1.29 is 4.79 Å². The minimum atomic E-state index is -0.319. The van der Waals surface area contributed by atoms with E-state index in [4.69, 9.17) is 11.6 Å². The van der Waals surface area contributed by atoms with Crippen LogP contribution in [0.25, 0.3) is 5.65 Å². The molecule has 0 aromatic carbocycles. The van der Waals surface area contributed by atoms with Crippen molar-refractivity contribution in [3.05, 3.63) is 57.9 Å². The van der Waals surface area contributed by atoms with Crippen molar-refractivity contribution >= 4 is 28.8 Å². The van der Waals surface area contributed by atoms with Crippen LogP contribution >= 0.6 is 11.6 Å². The van der Waals surface area contributed by atoms with Gasteiger partial charge in [0.1, 0.15) is 0 Å². The molecule has 1 aliphatic rings. The van der Waals surface area contributed by atoms with Gasteiger partial charge in [-0.3, -0.25) is 14.2 Å². The number of H-pyrrole nitrogens is 1. The third-order valence-electron chi connectivity index (χ3n) is 4.58. The molecule has 3 aromatic rings. The van der Waals surface area contributed by atoms with Crippen LogP contribution in [-0.4, -0.2) is 49.5 Å². The first-order chi connectivity index (χ1) is 12.6. The lowest BCUT2D eigenvalue weighted by Gasteiger charge is -2.33. The lowest BCUT2D eigenvalue weighted by atomic mass is 10.0. The van der Waals surface area contributed by atoms with Crippen LogP contribution in [0.4, 0.5) is 5.69 Å². The Bertz CT molecular complexity index is 1010. The number of fused-ring (bicyclic) bond motifs is 1. The van der Waals surface area contributed by atoms with Gasteiger partial charge in [0.05, 0.1) is 10.7 Å². The van der Waals surface area contributed by atoms with Gasteiger partial charge in [-0.25, -0.2) is 9.89 Å². The van der Waals surface area contributed by atoms with E-state index in [-0.39, 0.29) is 17.6 Å². The lowest BCUT2D eigenvalue weighted by Crippen LogP contribution is -2.42. The molecule has 8 nitrogen and oxygen atoms in total. The van der Waals surface area contributed by atoms with Gasteiger partial charge < -0.3 is 10.2 Å². The average molecular weight is 373 g/mol. The van der Waals surface area contributed by atoms with Crippen LogP contribution in [0.1, 0.15) is 23.2 Å². The second-order valence-electron chi connectivity index (χ2n) is 6.24. The second kappa shape index (κ2) is 6.80. The van der Waals surface area contributed by atoms with Gasteiger partial charge in [0.15, 0.2) is 5.65 Å². The Labute approximate surface area is 153 Å². The smallest absolute Gasteiger partial charge is 0.347 e. The third kappa shape index (κ3) is 3.15. The highest BCUT2D eigenvalue weighted by molar-refractivity contribution is 6.33. The SMILES string of the molecule is O=C(c1ccn2c(=O)[nH]nc2c1)N1CCC(Nc2ccncc2Cl)CC1. The van der Waals surface area contributed by atoms with Crippen molar-refractivity contribution in [1.29, 1.82) is 0 Å². The monoisotopic (exact) mass is 372 g/mol. The molecule has 3 aromatic heterocycles. The number of rotatable bonds is 3. The molecular formula is C17H17ClN6O2. The minimum absolute atomic E-state index is 0.0525. The molecule has 1 fully saturated rings. The molecule has 0 aliphatic carbocycles. The Kier molecular flexibility index (Phi) is 4.34.